The molecule has 3 heteroatoms. The summed E-state index contributed by atoms with van der Waals surface area (Å²) >= 11 is 0. The van der Waals surface area contributed by atoms with E-state index >= 15 is 0 Å². The first kappa shape index (κ1) is 14.2. The van der Waals surface area contributed by atoms with Gasteiger partial charge >= 0.3 is 5.97 Å². The minimum atomic E-state index is -0.715. The average molecular weight is 240 g/mol. The van der Waals surface area contributed by atoms with Crippen molar-refractivity contribution in [2.75, 3.05) is 7.11 Å². The minimum absolute atomic E-state index is 0.245. The van der Waals surface area contributed by atoms with Gasteiger partial charge in [-0.15, -0.1) is 0 Å². The predicted octanol–water partition coefficient (Wildman–Crippen LogP) is 3.39. The number of methoxy groups -OCH3 is 1. The third kappa shape index (κ3) is 6.47. The second-order valence-electron chi connectivity index (χ2n) is 4.86. The van der Waals surface area contributed by atoms with Crippen molar-refractivity contribution in [2.45, 2.75) is 57.5 Å². The molecule has 1 rings (SSSR count). The van der Waals surface area contributed by atoms with Crippen molar-refractivity contribution in [3.63, 3.8) is 0 Å². The van der Waals surface area contributed by atoms with Crippen LogP contribution in [-0.2, 0) is 9.53 Å². The molecule has 0 bridgehead atoms. The van der Waals surface area contributed by atoms with Crippen LogP contribution >= 0.6 is 0 Å². The number of rotatable bonds is 7. The van der Waals surface area contributed by atoms with E-state index < -0.39 is 5.97 Å². The van der Waals surface area contributed by atoms with E-state index in [1.54, 1.807) is 7.11 Å². The molecule has 3 nitrogen and oxygen atoms in total. The Balaban J connectivity index is 2.01. The molecule has 0 aromatic heterocycles. The summed E-state index contributed by atoms with van der Waals surface area (Å²) in [6, 6.07) is 0. The molecule has 1 aliphatic rings. The Kier molecular flexibility index (Phi) is 6.94. The number of hydrogen-bond donors (Lipinski definition) is 1. The molecule has 0 atom stereocenters. The standard InChI is InChI=1S/C14H24O3/c1-17-13-10-8-12(9-11-13)6-4-2-3-5-7-14(15)16/h2-3,12-13H,4-11H2,1H3,(H,15,16)/b3-2+. The van der Waals surface area contributed by atoms with Gasteiger partial charge in [0, 0.05) is 13.5 Å². The first-order valence-electron chi connectivity index (χ1n) is 6.62. The molecular weight excluding hydrogens is 216 g/mol. The number of carboxylic acids is 1. The zero-order chi connectivity index (χ0) is 12.5. The highest BCUT2D eigenvalue weighted by Crippen LogP contribution is 2.29. The SMILES string of the molecule is COC1CCC(CC/C=C/CCC(=O)O)CC1. The lowest BCUT2D eigenvalue weighted by atomic mass is 9.84. The summed E-state index contributed by atoms with van der Waals surface area (Å²) in [5.74, 6) is 0.123. The summed E-state index contributed by atoms with van der Waals surface area (Å²) in [4.78, 5) is 10.3. The van der Waals surface area contributed by atoms with E-state index in [-0.39, 0.29) is 6.42 Å². The zero-order valence-electron chi connectivity index (χ0n) is 10.7. The molecule has 0 aromatic rings. The van der Waals surface area contributed by atoms with Crippen LogP contribution in [0.2, 0.25) is 0 Å². The largest absolute Gasteiger partial charge is 0.481 e. The lowest BCUT2D eigenvalue weighted by molar-refractivity contribution is -0.136. The van der Waals surface area contributed by atoms with Gasteiger partial charge in [0.15, 0.2) is 0 Å². The Morgan fingerprint density at radius 1 is 1.24 bits per heavy atom. The van der Waals surface area contributed by atoms with Crippen molar-refractivity contribution in [3.8, 4) is 0 Å². The van der Waals surface area contributed by atoms with Gasteiger partial charge in [-0.25, -0.2) is 0 Å². The van der Waals surface area contributed by atoms with Gasteiger partial charge in [0.2, 0.25) is 0 Å². The van der Waals surface area contributed by atoms with E-state index in [9.17, 15) is 4.79 Å². The number of ether oxygens (including phenoxy) is 1. The summed E-state index contributed by atoms with van der Waals surface area (Å²) in [7, 11) is 1.80. The molecule has 1 fully saturated rings. The summed E-state index contributed by atoms with van der Waals surface area (Å²) < 4.78 is 5.35. The molecule has 98 valence electrons. The highest BCUT2D eigenvalue weighted by Gasteiger charge is 2.19. The van der Waals surface area contributed by atoms with E-state index in [1.165, 1.54) is 32.1 Å². The predicted molar refractivity (Wildman–Crippen MR) is 68.0 cm³/mol. The van der Waals surface area contributed by atoms with Crippen molar-refractivity contribution < 1.29 is 14.6 Å². The summed E-state index contributed by atoms with van der Waals surface area (Å²) in [5.41, 5.74) is 0. The number of allylic oxidation sites excluding steroid dienone is 2. The summed E-state index contributed by atoms with van der Waals surface area (Å²) in [5, 5.41) is 8.48. The van der Waals surface area contributed by atoms with Gasteiger partial charge in [-0.05, 0) is 50.9 Å². The Labute approximate surface area is 104 Å². The van der Waals surface area contributed by atoms with Crippen LogP contribution in [-0.4, -0.2) is 24.3 Å². The number of carboxylic acid groups (broad SMARTS) is 1. The molecule has 0 unspecified atom stereocenters. The van der Waals surface area contributed by atoms with E-state index in [0.29, 0.717) is 12.5 Å². The maximum atomic E-state index is 10.3. The normalized spacial score (nSPS) is 25.2. The van der Waals surface area contributed by atoms with Gasteiger partial charge < -0.3 is 9.84 Å². The topological polar surface area (TPSA) is 46.5 Å². The van der Waals surface area contributed by atoms with E-state index in [4.69, 9.17) is 9.84 Å². The van der Waals surface area contributed by atoms with Crippen molar-refractivity contribution >= 4 is 5.97 Å². The van der Waals surface area contributed by atoms with Gasteiger partial charge in [-0.3, -0.25) is 4.79 Å². The highest BCUT2D eigenvalue weighted by molar-refractivity contribution is 5.66. The van der Waals surface area contributed by atoms with Crippen molar-refractivity contribution in [3.05, 3.63) is 12.2 Å². The Bertz CT molecular complexity index is 240. The van der Waals surface area contributed by atoms with Crippen molar-refractivity contribution in [1.82, 2.24) is 0 Å². The fourth-order valence-electron chi connectivity index (χ4n) is 2.43. The highest BCUT2D eigenvalue weighted by atomic mass is 16.5. The molecule has 1 aliphatic carbocycles. The Morgan fingerprint density at radius 2 is 1.88 bits per heavy atom. The van der Waals surface area contributed by atoms with Crippen molar-refractivity contribution in [2.24, 2.45) is 5.92 Å². The van der Waals surface area contributed by atoms with Crippen LogP contribution < -0.4 is 0 Å². The lowest BCUT2D eigenvalue weighted by Gasteiger charge is -2.27. The van der Waals surface area contributed by atoms with E-state index in [1.807, 2.05) is 6.08 Å². The van der Waals surface area contributed by atoms with Gasteiger partial charge in [-0.2, -0.15) is 0 Å². The average Bonchev–Trinajstić information content (AvgIpc) is 2.34. The second kappa shape index (κ2) is 8.29. The van der Waals surface area contributed by atoms with Crippen LogP contribution in [0.1, 0.15) is 51.4 Å². The fraction of sp³-hybridized carbons (Fsp3) is 0.786. The first-order valence-corrected chi connectivity index (χ1v) is 6.62. The molecule has 0 aromatic carbocycles. The third-order valence-electron chi connectivity index (χ3n) is 3.56. The maximum absolute atomic E-state index is 10.3. The second-order valence-corrected chi connectivity index (χ2v) is 4.86. The van der Waals surface area contributed by atoms with Gasteiger partial charge in [0.1, 0.15) is 0 Å². The number of carbonyl (C=O) groups is 1. The number of aliphatic carboxylic acids is 1. The van der Waals surface area contributed by atoms with E-state index in [2.05, 4.69) is 6.08 Å². The molecule has 0 saturated heterocycles. The fourth-order valence-corrected chi connectivity index (χ4v) is 2.43. The monoisotopic (exact) mass is 240 g/mol. The molecule has 0 heterocycles. The quantitative estimate of drug-likeness (QED) is 0.694. The van der Waals surface area contributed by atoms with Crippen LogP contribution in [0.15, 0.2) is 12.2 Å². The molecule has 0 spiro atoms. The molecular formula is C14H24O3. The van der Waals surface area contributed by atoms with Crippen LogP contribution in [0.5, 0.6) is 0 Å². The van der Waals surface area contributed by atoms with Crippen molar-refractivity contribution in [1.29, 1.82) is 0 Å². The van der Waals surface area contributed by atoms with Crippen LogP contribution in [0.3, 0.4) is 0 Å². The minimum Gasteiger partial charge on any atom is -0.481 e. The molecule has 0 radical (unpaired) electrons. The van der Waals surface area contributed by atoms with Gasteiger partial charge in [0.25, 0.3) is 0 Å². The molecule has 0 amide bonds. The zero-order valence-corrected chi connectivity index (χ0v) is 10.7. The van der Waals surface area contributed by atoms with Gasteiger partial charge in [-0.1, -0.05) is 12.2 Å². The maximum Gasteiger partial charge on any atom is 0.303 e. The Hall–Kier alpha value is -0.830. The molecule has 17 heavy (non-hydrogen) atoms. The molecule has 1 N–H and O–H groups in total. The van der Waals surface area contributed by atoms with Crippen LogP contribution in [0.25, 0.3) is 0 Å². The third-order valence-corrected chi connectivity index (χ3v) is 3.56. The van der Waals surface area contributed by atoms with Crippen LogP contribution in [0.4, 0.5) is 0 Å². The smallest absolute Gasteiger partial charge is 0.303 e. The first-order chi connectivity index (χ1) is 8.22. The number of hydrogen-bond acceptors (Lipinski definition) is 2. The lowest BCUT2D eigenvalue weighted by Crippen LogP contribution is -2.20. The van der Waals surface area contributed by atoms with Crippen LogP contribution in [0, 0.1) is 5.92 Å². The van der Waals surface area contributed by atoms with E-state index in [0.717, 1.165) is 12.3 Å². The molecule has 1 saturated carbocycles. The van der Waals surface area contributed by atoms with Gasteiger partial charge in [0.05, 0.1) is 6.10 Å². The summed E-state index contributed by atoms with van der Waals surface area (Å²) in [6.07, 6.45) is 12.8. The summed E-state index contributed by atoms with van der Waals surface area (Å²) in [6.45, 7) is 0. The molecule has 0 aliphatic heterocycles. The Morgan fingerprint density at radius 3 is 2.47 bits per heavy atom.